The van der Waals surface area contributed by atoms with E-state index in [1.54, 1.807) is 12.3 Å². The summed E-state index contributed by atoms with van der Waals surface area (Å²) in [5, 5.41) is 5.10. The highest BCUT2D eigenvalue weighted by atomic mass is 127. The molecule has 1 heterocycles. The van der Waals surface area contributed by atoms with Crippen LogP contribution in [-0.2, 0) is 6.61 Å². The molecule has 0 amide bonds. The molecule has 0 aliphatic rings. The van der Waals surface area contributed by atoms with E-state index >= 15 is 0 Å². The predicted molar refractivity (Wildman–Crippen MR) is 157 cm³/mol. The SMILES string of the molecule is O=c1c2ccccc2nc(-c2ccccc2)n1N=Cc1cc(I)c(OCc2ccccc2)c(I)c1. The molecular formula is C28H19I2N3O2. The van der Waals surface area contributed by atoms with Gasteiger partial charge in [-0.3, -0.25) is 4.79 Å². The quantitative estimate of drug-likeness (QED) is 0.147. The molecule has 0 N–H and O–H groups in total. The standard InChI is InChI=1S/C28H19I2N3O2/c29-23-15-20(16-24(30)26(23)35-18-19-9-3-1-4-10-19)17-31-33-27(21-11-5-2-6-12-21)32-25-14-8-7-13-22(25)28(33)34/h1-17H,18H2. The first-order chi connectivity index (χ1) is 17.1. The number of rotatable bonds is 6. The maximum absolute atomic E-state index is 13.3. The van der Waals surface area contributed by atoms with Crippen LogP contribution in [0.2, 0.25) is 0 Å². The van der Waals surface area contributed by atoms with Gasteiger partial charge in [0, 0.05) is 5.56 Å². The van der Waals surface area contributed by atoms with Crippen LogP contribution in [0.3, 0.4) is 0 Å². The number of hydrogen-bond donors (Lipinski definition) is 0. The van der Waals surface area contributed by atoms with Crippen LogP contribution in [0.25, 0.3) is 22.3 Å². The molecule has 0 spiro atoms. The Balaban J connectivity index is 1.51. The van der Waals surface area contributed by atoms with Gasteiger partial charge in [-0.15, -0.1) is 0 Å². The van der Waals surface area contributed by atoms with Gasteiger partial charge in [0.25, 0.3) is 5.56 Å². The summed E-state index contributed by atoms with van der Waals surface area (Å²) in [4.78, 5) is 18.1. The summed E-state index contributed by atoms with van der Waals surface area (Å²) in [7, 11) is 0. The van der Waals surface area contributed by atoms with Crippen molar-refractivity contribution in [1.29, 1.82) is 0 Å². The monoisotopic (exact) mass is 683 g/mol. The van der Waals surface area contributed by atoms with Crippen molar-refractivity contribution >= 4 is 62.3 Å². The summed E-state index contributed by atoms with van der Waals surface area (Å²) < 4.78 is 9.41. The number of aromatic nitrogens is 2. The van der Waals surface area contributed by atoms with Crippen molar-refractivity contribution in [3.8, 4) is 17.1 Å². The minimum absolute atomic E-state index is 0.210. The topological polar surface area (TPSA) is 56.5 Å². The van der Waals surface area contributed by atoms with Gasteiger partial charge < -0.3 is 4.74 Å². The first kappa shape index (κ1) is 23.7. The van der Waals surface area contributed by atoms with E-state index in [2.05, 4.69) is 50.3 Å². The normalized spacial score (nSPS) is 11.3. The molecule has 172 valence electrons. The Morgan fingerprint density at radius 2 is 1.49 bits per heavy atom. The van der Waals surface area contributed by atoms with Crippen molar-refractivity contribution in [2.24, 2.45) is 5.10 Å². The molecule has 5 nitrogen and oxygen atoms in total. The Kier molecular flexibility index (Phi) is 7.24. The third-order valence-corrected chi connectivity index (χ3v) is 6.96. The highest BCUT2D eigenvalue weighted by molar-refractivity contribution is 14.1. The molecule has 0 fully saturated rings. The predicted octanol–water partition coefficient (Wildman–Crippen LogP) is 6.73. The second-order valence-corrected chi connectivity index (χ2v) is 10.1. The van der Waals surface area contributed by atoms with Crippen LogP contribution >= 0.6 is 45.2 Å². The van der Waals surface area contributed by atoms with Crippen molar-refractivity contribution in [2.75, 3.05) is 0 Å². The number of benzene rings is 4. The van der Waals surface area contributed by atoms with Gasteiger partial charge in [0.1, 0.15) is 12.4 Å². The third-order valence-electron chi connectivity index (χ3n) is 5.35. The van der Waals surface area contributed by atoms with E-state index < -0.39 is 0 Å². The summed E-state index contributed by atoms with van der Waals surface area (Å²) in [6, 6.07) is 31.0. The molecule has 1 aromatic heterocycles. The van der Waals surface area contributed by atoms with Gasteiger partial charge in [-0.1, -0.05) is 72.8 Å². The number of para-hydroxylation sites is 1. The van der Waals surface area contributed by atoms with Crippen molar-refractivity contribution in [3.63, 3.8) is 0 Å². The largest absolute Gasteiger partial charge is 0.487 e. The minimum atomic E-state index is -0.210. The molecular weight excluding hydrogens is 664 g/mol. The molecule has 0 saturated carbocycles. The van der Waals surface area contributed by atoms with Gasteiger partial charge in [0.05, 0.1) is 24.3 Å². The van der Waals surface area contributed by atoms with Gasteiger partial charge in [0.2, 0.25) is 0 Å². The Bertz CT molecular complexity index is 1560. The minimum Gasteiger partial charge on any atom is -0.487 e. The molecule has 35 heavy (non-hydrogen) atoms. The van der Waals surface area contributed by atoms with Gasteiger partial charge in [-0.05, 0) is 80.6 Å². The van der Waals surface area contributed by atoms with Gasteiger partial charge in [-0.2, -0.15) is 9.78 Å². The highest BCUT2D eigenvalue weighted by Gasteiger charge is 2.13. The van der Waals surface area contributed by atoms with E-state index in [0.717, 1.165) is 29.6 Å². The molecule has 0 unspecified atom stereocenters. The van der Waals surface area contributed by atoms with Gasteiger partial charge in [-0.25, -0.2) is 4.98 Å². The van der Waals surface area contributed by atoms with E-state index in [9.17, 15) is 4.79 Å². The van der Waals surface area contributed by atoms with E-state index in [0.29, 0.717) is 23.3 Å². The van der Waals surface area contributed by atoms with Crippen molar-refractivity contribution in [1.82, 2.24) is 9.66 Å². The van der Waals surface area contributed by atoms with E-state index in [-0.39, 0.29) is 5.56 Å². The van der Waals surface area contributed by atoms with Crippen LogP contribution in [0.15, 0.2) is 107 Å². The summed E-state index contributed by atoms with van der Waals surface area (Å²) in [5.41, 5.74) is 3.23. The molecule has 0 radical (unpaired) electrons. The van der Waals surface area contributed by atoms with Crippen LogP contribution in [0.4, 0.5) is 0 Å². The maximum atomic E-state index is 13.3. The van der Waals surface area contributed by atoms with Crippen molar-refractivity contribution in [3.05, 3.63) is 126 Å². The molecule has 5 rings (SSSR count). The maximum Gasteiger partial charge on any atom is 0.282 e. The number of halogens is 2. The van der Waals surface area contributed by atoms with Crippen molar-refractivity contribution < 1.29 is 4.74 Å². The van der Waals surface area contributed by atoms with E-state index in [4.69, 9.17) is 9.72 Å². The Morgan fingerprint density at radius 3 is 2.20 bits per heavy atom. The van der Waals surface area contributed by atoms with Crippen LogP contribution in [0.5, 0.6) is 5.75 Å². The fraction of sp³-hybridized carbons (Fsp3) is 0.0357. The lowest BCUT2D eigenvalue weighted by Crippen LogP contribution is -2.20. The van der Waals surface area contributed by atoms with Crippen LogP contribution < -0.4 is 10.3 Å². The lowest BCUT2D eigenvalue weighted by molar-refractivity contribution is 0.302. The Labute approximate surface area is 229 Å². The smallest absolute Gasteiger partial charge is 0.282 e. The van der Waals surface area contributed by atoms with Crippen LogP contribution in [-0.4, -0.2) is 15.9 Å². The lowest BCUT2D eigenvalue weighted by Gasteiger charge is -2.12. The lowest BCUT2D eigenvalue weighted by atomic mass is 10.2. The molecule has 4 aromatic carbocycles. The fourth-order valence-electron chi connectivity index (χ4n) is 3.65. The second-order valence-electron chi connectivity index (χ2n) is 7.77. The molecule has 0 bridgehead atoms. The second kappa shape index (κ2) is 10.7. The molecule has 0 saturated heterocycles. The number of nitrogens with zero attached hydrogens (tertiary/aromatic N) is 3. The molecule has 0 aliphatic carbocycles. The highest BCUT2D eigenvalue weighted by Crippen LogP contribution is 2.29. The summed E-state index contributed by atoms with van der Waals surface area (Å²) in [5.74, 6) is 1.33. The zero-order valence-electron chi connectivity index (χ0n) is 18.4. The number of hydrogen-bond acceptors (Lipinski definition) is 4. The van der Waals surface area contributed by atoms with E-state index in [1.807, 2.05) is 91.0 Å². The van der Waals surface area contributed by atoms with E-state index in [1.165, 1.54) is 4.68 Å². The van der Waals surface area contributed by atoms with Crippen LogP contribution in [0.1, 0.15) is 11.1 Å². The molecule has 0 aliphatic heterocycles. The average molecular weight is 683 g/mol. The Hall–Kier alpha value is -3.05. The van der Waals surface area contributed by atoms with Crippen LogP contribution in [0, 0.1) is 7.14 Å². The van der Waals surface area contributed by atoms with Crippen molar-refractivity contribution in [2.45, 2.75) is 6.61 Å². The number of ether oxygens (including phenoxy) is 1. The zero-order valence-corrected chi connectivity index (χ0v) is 22.8. The number of fused-ring (bicyclic) bond motifs is 1. The Morgan fingerprint density at radius 1 is 0.857 bits per heavy atom. The summed E-state index contributed by atoms with van der Waals surface area (Å²) in [6.45, 7) is 0.499. The average Bonchev–Trinajstić information content (AvgIpc) is 2.89. The third kappa shape index (κ3) is 5.30. The fourth-order valence-corrected chi connectivity index (χ4v) is 5.78. The zero-order chi connectivity index (χ0) is 24.2. The molecule has 5 aromatic rings. The summed E-state index contributed by atoms with van der Waals surface area (Å²) >= 11 is 4.54. The van der Waals surface area contributed by atoms with Gasteiger partial charge in [0.15, 0.2) is 5.82 Å². The molecule has 0 atom stereocenters. The summed E-state index contributed by atoms with van der Waals surface area (Å²) in [6.07, 6.45) is 1.69. The first-order valence-electron chi connectivity index (χ1n) is 10.9. The van der Waals surface area contributed by atoms with Gasteiger partial charge >= 0.3 is 0 Å². The molecule has 7 heteroatoms. The first-order valence-corrected chi connectivity index (χ1v) is 13.0.